The third-order valence-electron chi connectivity index (χ3n) is 3.08. The highest BCUT2D eigenvalue weighted by molar-refractivity contribution is 7.89. The molecule has 8 heteroatoms. The summed E-state index contributed by atoms with van der Waals surface area (Å²) in [7, 11) is -1.85. The molecule has 0 saturated heterocycles. The van der Waals surface area contributed by atoms with Gasteiger partial charge >= 0.3 is 0 Å². The van der Waals surface area contributed by atoms with Gasteiger partial charge in [-0.05, 0) is 6.07 Å². The van der Waals surface area contributed by atoms with Crippen LogP contribution in [0.25, 0.3) is 10.9 Å². The van der Waals surface area contributed by atoms with Gasteiger partial charge in [-0.25, -0.2) is 13.6 Å². The Kier molecular flexibility index (Phi) is 2.84. The molecule has 3 aromatic rings. The van der Waals surface area contributed by atoms with Crippen LogP contribution in [0.3, 0.4) is 0 Å². The molecule has 104 valence electrons. The van der Waals surface area contributed by atoms with Crippen molar-refractivity contribution in [2.24, 2.45) is 12.2 Å². The fraction of sp³-hybridized carbons (Fsp3) is 0.167. The average molecular weight is 291 g/mol. The van der Waals surface area contributed by atoms with Crippen LogP contribution in [0.1, 0.15) is 5.69 Å². The molecule has 2 heterocycles. The first kappa shape index (κ1) is 12.8. The second-order valence-electron chi connectivity index (χ2n) is 4.51. The van der Waals surface area contributed by atoms with Crippen molar-refractivity contribution < 1.29 is 8.42 Å². The normalized spacial score (nSPS) is 12.1. The summed E-state index contributed by atoms with van der Waals surface area (Å²) >= 11 is 0. The number of hydrogen-bond acceptors (Lipinski definition) is 4. The highest BCUT2D eigenvalue weighted by Crippen LogP contribution is 2.18. The SMILES string of the molecule is Cn1nc(Cn2cc(S(N)(=O)=O)cn2)c2ccccc21. The fourth-order valence-electron chi connectivity index (χ4n) is 2.14. The Morgan fingerprint density at radius 2 is 2.05 bits per heavy atom. The zero-order chi connectivity index (χ0) is 14.3. The number of fused-ring (bicyclic) bond motifs is 1. The molecule has 0 saturated carbocycles. The van der Waals surface area contributed by atoms with E-state index < -0.39 is 10.0 Å². The van der Waals surface area contributed by atoms with Crippen LogP contribution in [0.2, 0.25) is 0 Å². The predicted octanol–water partition coefficient (Wildman–Crippen LogP) is 0.466. The number of nitrogens with zero attached hydrogens (tertiary/aromatic N) is 4. The summed E-state index contributed by atoms with van der Waals surface area (Å²) in [6, 6.07) is 7.83. The van der Waals surface area contributed by atoms with Gasteiger partial charge in [-0.15, -0.1) is 0 Å². The minimum atomic E-state index is -3.72. The Morgan fingerprint density at radius 3 is 2.75 bits per heavy atom. The zero-order valence-corrected chi connectivity index (χ0v) is 11.6. The highest BCUT2D eigenvalue weighted by atomic mass is 32.2. The number of rotatable bonds is 3. The summed E-state index contributed by atoms with van der Waals surface area (Å²) < 4.78 is 25.7. The quantitative estimate of drug-likeness (QED) is 0.758. The number of hydrogen-bond donors (Lipinski definition) is 1. The Bertz CT molecular complexity index is 878. The minimum absolute atomic E-state index is 0.00210. The average Bonchev–Trinajstić information content (AvgIpc) is 2.97. The Morgan fingerprint density at radius 1 is 1.30 bits per heavy atom. The van der Waals surface area contributed by atoms with E-state index in [1.807, 2.05) is 31.3 Å². The van der Waals surface area contributed by atoms with Crippen molar-refractivity contribution in [3.8, 4) is 0 Å². The smallest absolute Gasteiger partial charge is 0.241 e. The summed E-state index contributed by atoms with van der Waals surface area (Å²) in [5.41, 5.74) is 1.84. The van der Waals surface area contributed by atoms with Crippen molar-refractivity contribution in [3.63, 3.8) is 0 Å². The summed E-state index contributed by atoms with van der Waals surface area (Å²) in [5.74, 6) is 0. The van der Waals surface area contributed by atoms with Crippen LogP contribution < -0.4 is 5.14 Å². The molecule has 0 spiro atoms. The van der Waals surface area contributed by atoms with Crippen LogP contribution in [0.5, 0.6) is 0 Å². The standard InChI is InChI=1S/C12H13N5O2S/c1-16-12-5-3-2-4-10(12)11(15-16)8-17-7-9(6-14-17)20(13,18)19/h2-7H,8H2,1H3,(H2,13,18,19). The van der Waals surface area contributed by atoms with Gasteiger partial charge in [0.15, 0.2) is 0 Å². The lowest BCUT2D eigenvalue weighted by Gasteiger charge is -1.98. The Balaban J connectivity index is 2.00. The molecule has 2 aromatic heterocycles. The summed E-state index contributed by atoms with van der Waals surface area (Å²) in [6.45, 7) is 0.386. The lowest BCUT2D eigenvalue weighted by molar-refractivity contribution is 0.597. The first-order valence-corrected chi connectivity index (χ1v) is 7.45. The maximum Gasteiger partial charge on any atom is 0.241 e. The Hall–Kier alpha value is -2.19. The van der Waals surface area contributed by atoms with Crippen molar-refractivity contribution in [1.29, 1.82) is 0 Å². The van der Waals surface area contributed by atoms with Crippen molar-refractivity contribution in [1.82, 2.24) is 19.6 Å². The first-order valence-electron chi connectivity index (χ1n) is 5.91. The van der Waals surface area contributed by atoms with Crippen molar-refractivity contribution in [2.45, 2.75) is 11.4 Å². The predicted molar refractivity (Wildman–Crippen MR) is 73.4 cm³/mol. The van der Waals surface area contributed by atoms with Gasteiger partial charge in [0.25, 0.3) is 0 Å². The molecule has 2 N–H and O–H groups in total. The number of aromatic nitrogens is 4. The van der Waals surface area contributed by atoms with E-state index in [1.54, 1.807) is 4.68 Å². The largest absolute Gasteiger partial charge is 0.268 e. The number of aryl methyl sites for hydroxylation is 1. The molecular weight excluding hydrogens is 278 g/mol. The first-order chi connectivity index (χ1) is 9.45. The lowest BCUT2D eigenvalue weighted by Crippen LogP contribution is -2.11. The van der Waals surface area contributed by atoms with E-state index in [0.717, 1.165) is 16.6 Å². The maximum atomic E-state index is 11.2. The molecule has 20 heavy (non-hydrogen) atoms. The van der Waals surface area contributed by atoms with Crippen LogP contribution in [0, 0.1) is 0 Å². The van der Waals surface area contributed by atoms with Gasteiger partial charge in [-0.2, -0.15) is 10.2 Å². The molecule has 1 aromatic carbocycles. The van der Waals surface area contributed by atoms with E-state index in [0.29, 0.717) is 6.54 Å². The zero-order valence-electron chi connectivity index (χ0n) is 10.8. The molecule has 0 unspecified atom stereocenters. The van der Waals surface area contributed by atoms with E-state index >= 15 is 0 Å². The van der Waals surface area contributed by atoms with Crippen LogP contribution in [-0.4, -0.2) is 28.0 Å². The lowest BCUT2D eigenvalue weighted by atomic mass is 10.2. The highest BCUT2D eigenvalue weighted by Gasteiger charge is 2.13. The topological polar surface area (TPSA) is 95.8 Å². The van der Waals surface area contributed by atoms with E-state index in [9.17, 15) is 8.42 Å². The monoisotopic (exact) mass is 291 g/mol. The van der Waals surface area contributed by atoms with Gasteiger partial charge < -0.3 is 0 Å². The van der Waals surface area contributed by atoms with Gasteiger partial charge in [-0.1, -0.05) is 18.2 Å². The third kappa shape index (κ3) is 2.19. The third-order valence-corrected chi connectivity index (χ3v) is 3.95. The van der Waals surface area contributed by atoms with Crippen LogP contribution in [-0.2, 0) is 23.6 Å². The van der Waals surface area contributed by atoms with Crippen LogP contribution in [0.15, 0.2) is 41.6 Å². The number of primary sulfonamides is 1. The minimum Gasteiger partial charge on any atom is -0.268 e. The molecule has 0 atom stereocenters. The van der Waals surface area contributed by atoms with Crippen LogP contribution in [0.4, 0.5) is 0 Å². The van der Waals surface area contributed by atoms with Gasteiger partial charge in [-0.3, -0.25) is 9.36 Å². The molecular formula is C12H13N5O2S. The molecule has 0 amide bonds. The number of nitrogens with two attached hydrogens (primary N) is 1. The molecule has 0 aliphatic carbocycles. The molecule has 0 aliphatic heterocycles. The van der Waals surface area contributed by atoms with Gasteiger partial charge in [0.1, 0.15) is 4.90 Å². The van der Waals surface area contributed by atoms with Crippen molar-refractivity contribution in [3.05, 3.63) is 42.4 Å². The van der Waals surface area contributed by atoms with Crippen molar-refractivity contribution in [2.75, 3.05) is 0 Å². The van der Waals surface area contributed by atoms with E-state index in [4.69, 9.17) is 5.14 Å². The van der Waals surface area contributed by atoms with Gasteiger partial charge in [0.05, 0.1) is 24.0 Å². The summed E-state index contributed by atoms with van der Waals surface area (Å²) in [5, 5.41) is 14.5. The number of sulfonamides is 1. The Labute approximate surface area is 115 Å². The van der Waals surface area contributed by atoms with E-state index in [-0.39, 0.29) is 4.90 Å². The van der Waals surface area contributed by atoms with Gasteiger partial charge in [0, 0.05) is 18.6 Å². The van der Waals surface area contributed by atoms with E-state index in [2.05, 4.69) is 10.2 Å². The van der Waals surface area contributed by atoms with E-state index in [1.165, 1.54) is 17.1 Å². The van der Waals surface area contributed by atoms with Gasteiger partial charge in [0.2, 0.25) is 10.0 Å². The molecule has 7 nitrogen and oxygen atoms in total. The second-order valence-corrected chi connectivity index (χ2v) is 6.07. The summed E-state index contributed by atoms with van der Waals surface area (Å²) in [4.78, 5) is -0.00210. The number of benzene rings is 1. The molecule has 0 radical (unpaired) electrons. The molecule has 0 bridgehead atoms. The molecule has 0 aliphatic rings. The maximum absolute atomic E-state index is 11.2. The second kappa shape index (κ2) is 4.43. The summed E-state index contributed by atoms with van der Waals surface area (Å²) in [6.07, 6.45) is 2.64. The van der Waals surface area contributed by atoms with Crippen LogP contribution >= 0.6 is 0 Å². The molecule has 3 rings (SSSR count). The van der Waals surface area contributed by atoms with Crippen molar-refractivity contribution >= 4 is 20.9 Å². The molecule has 0 fully saturated rings. The number of para-hydroxylation sites is 1. The fourth-order valence-corrected chi connectivity index (χ4v) is 2.60.